The van der Waals surface area contributed by atoms with E-state index in [-0.39, 0.29) is 0 Å². The second-order valence-electron chi connectivity index (χ2n) is 2.62. The molecule has 1 aromatic carbocycles. The van der Waals surface area contributed by atoms with E-state index in [4.69, 9.17) is 9.47 Å². The molecule has 0 atom stereocenters. The highest BCUT2D eigenvalue weighted by molar-refractivity contribution is 7.79. The smallest absolute Gasteiger partial charge is 0.163 e. The Morgan fingerprint density at radius 2 is 2.00 bits per heavy atom. The Hall–Kier alpha value is -1.29. The van der Waals surface area contributed by atoms with Gasteiger partial charge in [-0.2, -0.15) is 0 Å². The second kappa shape index (κ2) is 3.62. The fourth-order valence-electron chi connectivity index (χ4n) is 1.20. The van der Waals surface area contributed by atoms with Gasteiger partial charge in [-0.15, -0.1) is 0 Å². The Bertz CT molecular complexity index is 327. The lowest BCUT2D eigenvalue weighted by Crippen LogP contribution is -2.15. The number of fused-ring (bicyclic) bond motifs is 1. The van der Waals surface area contributed by atoms with Crippen LogP contribution in [0.15, 0.2) is 18.2 Å². The van der Waals surface area contributed by atoms with Crippen molar-refractivity contribution in [3.05, 3.63) is 18.2 Å². The van der Waals surface area contributed by atoms with Crippen LogP contribution in [0.1, 0.15) is 0 Å². The van der Waals surface area contributed by atoms with Crippen LogP contribution in [-0.2, 0) is 0 Å². The molecule has 0 fully saturated rings. The summed E-state index contributed by atoms with van der Waals surface area (Å²) in [6, 6.07) is 5.64. The topological polar surface area (TPSA) is 30.5 Å². The van der Waals surface area contributed by atoms with Crippen molar-refractivity contribution in [3.63, 3.8) is 0 Å². The van der Waals surface area contributed by atoms with Gasteiger partial charge in [-0.05, 0) is 12.1 Å². The summed E-state index contributed by atoms with van der Waals surface area (Å²) in [4.78, 5) is 0. The molecule has 1 heterocycles. The third-order valence-corrected chi connectivity index (χ3v) is 1.89. The first-order chi connectivity index (χ1) is 6.40. The summed E-state index contributed by atoms with van der Waals surface area (Å²) in [7, 11) is 0. The zero-order valence-corrected chi connectivity index (χ0v) is 7.76. The van der Waals surface area contributed by atoms with Crippen LogP contribution in [-0.4, -0.2) is 18.7 Å². The lowest BCUT2D eigenvalue weighted by atomic mass is 10.2. The van der Waals surface area contributed by atoms with Crippen LogP contribution in [0.2, 0.25) is 0 Å². The molecular weight excluding hydrogens is 186 g/mol. The Morgan fingerprint density at radius 1 is 1.23 bits per heavy atom. The molecule has 1 aliphatic heterocycles. The first kappa shape index (κ1) is 8.31. The van der Waals surface area contributed by atoms with Gasteiger partial charge in [0.05, 0.1) is 5.49 Å². The van der Waals surface area contributed by atoms with Crippen molar-refractivity contribution in [1.82, 2.24) is 0 Å². The van der Waals surface area contributed by atoms with E-state index in [1.807, 2.05) is 18.2 Å². The van der Waals surface area contributed by atoms with Crippen LogP contribution in [0.5, 0.6) is 11.5 Å². The van der Waals surface area contributed by atoms with Crippen molar-refractivity contribution in [1.29, 1.82) is 0 Å². The summed E-state index contributed by atoms with van der Waals surface area (Å²) in [5.74, 6) is 1.56. The van der Waals surface area contributed by atoms with Gasteiger partial charge < -0.3 is 14.8 Å². The van der Waals surface area contributed by atoms with E-state index in [1.165, 1.54) is 5.49 Å². The maximum atomic E-state index is 5.40. The molecule has 0 saturated carbocycles. The predicted molar refractivity (Wildman–Crippen MR) is 54.7 cm³/mol. The number of hydrogen-bond acceptors (Lipinski definition) is 3. The highest BCUT2D eigenvalue weighted by atomic mass is 32.1. The molecule has 68 valence electrons. The number of benzene rings is 1. The zero-order valence-electron chi connectivity index (χ0n) is 6.95. The molecule has 0 amide bonds. The largest absolute Gasteiger partial charge is 0.486 e. The zero-order chi connectivity index (χ0) is 9.10. The Labute approximate surface area is 81.7 Å². The van der Waals surface area contributed by atoms with Crippen molar-refractivity contribution < 1.29 is 9.47 Å². The van der Waals surface area contributed by atoms with Gasteiger partial charge >= 0.3 is 0 Å². The standard InChI is InChI=1S/C9H9NO2S/c13-6-10-7-1-2-8-9(5-7)12-4-3-11-8/h1-2,5-6H,3-4H2,(H,10,13). The number of nitrogens with one attached hydrogen (secondary N) is 1. The van der Waals surface area contributed by atoms with E-state index in [1.54, 1.807) is 0 Å². The minimum absolute atomic E-state index is 0.605. The van der Waals surface area contributed by atoms with Crippen LogP contribution in [0.3, 0.4) is 0 Å². The summed E-state index contributed by atoms with van der Waals surface area (Å²) in [6.45, 7) is 1.22. The van der Waals surface area contributed by atoms with Crippen molar-refractivity contribution in [2.45, 2.75) is 0 Å². The average molecular weight is 195 g/mol. The van der Waals surface area contributed by atoms with Gasteiger partial charge in [-0.1, -0.05) is 12.2 Å². The van der Waals surface area contributed by atoms with E-state index < -0.39 is 0 Å². The third kappa shape index (κ3) is 1.72. The van der Waals surface area contributed by atoms with Crippen molar-refractivity contribution in [2.75, 3.05) is 18.5 Å². The molecule has 1 N–H and O–H groups in total. The molecule has 1 aromatic rings. The highest BCUT2D eigenvalue weighted by Crippen LogP contribution is 2.32. The van der Waals surface area contributed by atoms with Gasteiger partial charge in [0.2, 0.25) is 0 Å². The van der Waals surface area contributed by atoms with Gasteiger partial charge in [0, 0.05) is 11.8 Å². The maximum absolute atomic E-state index is 5.40. The molecule has 0 radical (unpaired) electrons. The number of anilines is 1. The molecule has 1 aliphatic rings. The fraction of sp³-hybridized carbons (Fsp3) is 0.222. The molecular formula is C9H9NO2S. The van der Waals surface area contributed by atoms with Gasteiger partial charge in [0.1, 0.15) is 13.2 Å². The van der Waals surface area contributed by atoms with Crippen molar-refractivity contribution in [3.8, 4) is 11.5 Å². The van der Waals surface area contributed by atoms with E-state index in [9.17, 15) is 0 Å². The van der Waals surface area contributed by atoms with E-state index in [0.29, 0.717) is 13.2 Å². The molecule has 0 unspecified atom stereocenters. The monoisotopic (exact) mass is 195 g/mol. The SMILES string of the molecule is S=CNc1ccc2c(c1)OCCO2. The molecule has 0 aliphatic carbocycles. The normalized spacial score (nSPS) is 13.5. The van der Waals surface area contributed by atoms with E-state index in [0.717, 1.165) is 17.2 Å². The Morgan fingerprint density at radius 3 is 2.77 bits per heavy atom. The Kier molecular flexibility index (Phi) is 2.31. The Balaban J connectivity index is 2.29. The molecule has 4 heteroatoms. The molecule has 0 bridgehead atoms. The van der Waals surface area contributed by atoms with Gasteiger partial charge in [-0.3, -0.25) is 0 Å². The average Bonchev–Trinajstić information content (AvgIpc) is 2.18. The highest BCUT2D eigenvalue weighted by Gasteiger charge is 2.10. The fourth-order valence-corrected chi connectivity index (χ4v) is 1.34. The van der Waals surface area contributed by atoms with Crippen LogP contribution >= 0.6 is 12.2 Å². The first-order valence-corrected chi connectivity index (χ1v) is 4.47. The summed E-state index contributed by atoms with van der Waals surface area (Å²) < 4.78 is 10.8. The molecule has 0 saturated heterocycles. The number of ether oxygens (including phenoxy) is 2. The van der Waals surface area contributed by atoms with Crippen LogP contribution in [0.4, 0.5) is 5.69 Å². The molecule has 0 aromatic heterocycles. The number of hydrogen-bond donors (Lipinski definition) is 1. The predicted octanol–water partition coefficient (Wildman–Crippen LogP) is 1.83. The van der Waals surface area contributed by atoms with Crippen molar-refractivity contribution >= 4 is 23.4 Å². The lowest BCUT2D eigenvalue weighted by Gasteiger charge is -2.18. The quantitative estimate of drug-likeness (QED) is 0.729. The van der Waals surface area contributed by atoms with E-state index in [2.05, 4.69) is 17.5 Å². The first-order valence-electron chi connectivity index (χ1n) is 4.00. The number of rotatable bonds is 2. The molecule has 13 heavy (non-hydrogen) atoms. The molecule has 2 rings (SSSR count). The molecule has 0 spiro atoms. The summed E-state index contributed by atoms with van der Waals surface area (Å²) in [6.07, 6.45) is 0. The summed E-state index contributed by atoms with van der Waals surface area (Å²) in [5, 5.41) is 2.91. The second-order valence-corrected chi connectivity index (χ2v) is 2.86. The van der Waals surface area contributed by atoms with Gasteiger partial charge in [0.25, 0.3) is 0 Å². The molecule has 3 nitrogen and oxygen atoms in total. The summed E-state index contributed by atoms with van der Waals surface area (Å²) in [5.41, 5.74) is 2.38. The van der Waals surface area contributed by atoms with Gasteiger partial charge in [-0.25, -0.2) is 0 Å². The third-order valence-electron chi connectivity index (χ3n) is 1.77. The van der Waals surface area contributed by atoms with Crippen molar-refractivity contribution in [2.24, 2.45) is 0 Å². The lowest BCUT2D eigenvalue weighted by molar-refractivity contribution is 0.171. The minimum Gasteiger partial charge on any atom is -0.486 e. The van der Waals surface area contributed by atoms with E-state index >= 15 is 0 Å². The van der Waals surface area contributed by atoms with Crippen LogP contribution in [0, 0.1) is 0 Å². The van der Waals surface area contributed by atoms with Crippen LogP contribution in [0.25, 0.3) is 0 Å². The maximum Gasteiger partial charge on any atom is 0.163 e. The minimum atomic E-state index is 0.605. The van der Waals surface area contributed by atoms with Crippen LogP contribution < -0.4 is 14.8 Å². The summed E-state index contributed by atoms with van der Waals surface area (Å²) >= 11 is 4.68. The van der Waals surface area contributed by atoms with Gasteiger partial charge in [0.15, 0.2) is 11.5 Å². The number of thiocarbonyl (C=S) groups is 1.